The highest BCUT2D eigenvalue weighted by molar-refractivity contribution is 7.92. The van der Waals surface area contributed by atoms with Gasteiger partial charge in [0.15, 0.2) is 11.5 Å². The number of nitrogens with one attached hydrogen (secondary N) is 1. The Morgan fingerprint density at radius 2 is 1.53 bits per heavy atom. The molecule has 0 heterocycles. The third kappa shape index (κ3) is 5.91. The van der Waals surface area contributed by atoms with Gasteiger partial charge in [0.2, 0.25) is 5.91 Å². The van der Waals surface area contributed by atoms with Crippen molar-refractivity contribution in [2.75, 3.05) is 32.2 Å². The van der Waals surface area contributed by atoms with Crippen LogP contribution in [-0.4, -0.2) is 42.2 Å². The molecule has 8 nitrogen and oxygen atoms in total. The van der Waals surface area contributed by atoms with Gasteiger partial charge in [-0.05, 0) is 54.8 Å². The van der Waals surface area contributed by atoms with E-state index in [0.29, 0.717) is 17.9 Å². The van der Waals surface area contributed by atoms with Crippen molar-refractivity contribution in [2.24, 2.45) is 0 Å². The van der Waals surface area contributed by atoms with E-state index in [2.05, 4.69) is 5.32 Å². The van der Waals surface area contributed by atoms with Gasteiger partial charge in [0.1, 0.15) is 12.3 Å². The van der Waals surface area contributed by atoms with E-state index >= 15 is 0 Å². The highest BCUT2D eigenvalue weighted by Gasteiger charge is 2.29. The molecule has 36 heavy (non-hydrogen) atoms. The maximum atomic E-state index is 13.7. The van der Waals surface area contributed by atoms with E-state index in [1.54, 1.807) is 37.4 Å². The minimum atomic E-state index is -4.11. The molecular formula is C27H32N2O6S. The van der Waals surface area contributed by atoms with Crippen LogP contribution >= 0.6 is 0 Å². The number of benzene rings is 3. The standard InChI is InChI=1S/C27H32N2O6S/c1-6-23(20-12-14-24(33-3)19(2)16-20)28-27(30)18-29(21-10-8-7-9-11-21)36(31,32)22-13-15-25(34-4)26(17-22)35-5/h7-17,23H,6,18H2,1-5H3,(H,28,30). The summed E-state index contributed by atoms with van der Waals surface area (Å²) in [6.07, 6.45) is 0.630. The molecule has 1 atom stereocenters. The fourth-order valence-corrected chi connectivity index (χ4v) is 5.36. The summed E-state index contributed by atoms with van der Waals surface area (Å²) in [7, 11) is 0.406. The predicted molar refractivity (Wildman–Crippen MR) is 139 cm³/mol. The number of carbonyl (C=O) groups is 1. The van der Waals surface area contributed by atoms with E-state index in [0.717, 1.165) is 21.2 Å². The normalized spacial score (nSPS) is 11.9. The van der Waals surface area contributed by atoms with Crippen molar-refractivity contribution >= 4 is 21.6 Å². The van der Waals surface area contributed by atoms with Crippen molar-refractivity contribution in [3.8, 4) is 17.2 Å². The van der Waals surface area contributed by atoms with Gasteiger partial charge in [-0.2, -0.15) is 0 Å². The average molecular weight is 513 g/mol. The zero-order valence-corrected chi connectivity index (χ0v) is 22.0. The number of methoxy groups -OCH3 is 3. The summed E-state index contributed by atoms with van der Waals surface area (Å²) < 4.78 is 44.4. The molecule has 0 fully saturated rings. The molecule has 0 aromatic heterocycles. The first kappa shape index (κ1) is 26.9. The SMILES string of the molecule is CCC(NC(=O)CN(c1ccccc1)S(=O)(=O)c1ccc(OC)c(OC)c1)c1ccc(OC)c(C)c1. The van der Waals surface area contributed by atoms with E-state index in [1.807, 2.05) is 32.0 Å². The molecule has 1 N–H and O–H groups in total. The van der Waals surface area contributed by atoms with E-state index < -0.39 is 22.5 Å². The molecule has 1 unspecified atom stereocenters. The van der Waals surface area contributed by atoms with Gasteiger partial charge < -0.3 is 19.5 Å². The zero-order valence-electron chi connectivity index (χ0n) is 21.1. The van der Waals surface area contributed by atoms with Crippen molar-refractivity contribution in [2.45, 2.75) is 31.2 Å². The van der Waals surface area contributed by atoms with Gasteiger partial charge in [0.05, 0.1) is 38.0 Å². The lowest BCUT2D eigenvalue weighted by atomic mass is 10.0. The number of carbonyl (C=O) groups excluding carboxylic acids is 1. The lowest BCUT2D eigenvalue weighted by Crippen LogP contribution is -2.42. The van der Waals surface area contributed by atoms with Crippen molar-refractivity contribution in [3.05, 3.63) is 77.9 Å². The van der Waals surface area contributed by atoms with E-state index in [4.69, 9.17) is 14.2 Å². The van der Waals surface area contributed by atoms with Crippen LogP contribution in [0.2, 0.25) is 0 Å². The highest BCUT2D eigenvalue weighted by Crippen LogP contribution is 2.32. The Bertz CT molecular complexity index is 1290. The van der Waals surface area contributed by atoms with Gasteiger partial charge in [0.25, 0.3) is 10.0 Å². The first-order chi connectivity index (χ1) is 17.2. The van der Waals surface area contributed by atoms with Crippen LogP contribution in [0.5, 0.6) is 17.2 Å². The fraction of sp³-hybridized carbons (Fsp3) is 0.296. The molecule has 0 saturated carbocycles. The molecule has 0 saturated heterocycles. The number of ether oxygens (including phenoxy) is 3. The number of sulfonamides is 1. The molecule has 0 aliphatic heterocycles. The van der Waals surface area contributed by atoms with E-state index in [-0.39, 0.29) is 16.7 Å². The molecule has 3 aromatic carbocycles. The van der Waals surface area contributed by atoms with Crippen molar-refractivity contribution < 1.29 is 27.4 Å². The number of hydrogen-bond acceptors (Lipinski definition) is 6. The summed E-state index contributed by atoms with van der Waals surface area (Å²) in [4.78, 5) is 13.2. The Balaban J connectivity index is 1.92. The Labute approximate surface area is 212 Å². The second-order valence-electron chi connectivity index (χ2n) is 8.12. The van der Waals surface area contributed by atoms with Crippen molar-refractivity contribution in [3.63, 3.8) is 0 Å². The lowest BCUT2D eigenvalue weighted by Gasteiger charge is -2.26. The molecule has 0 spiro atoms. The number of rotatable bonds is 11. The molecular weight excluding hydrogens is 480 g/mol. The third-order valence-electron chi connectivity index (χ3n) is 5.84. The molecule has 3 rings (SSSR count). The summed E-state index contributed by atoms with van der Waals surface area (Å²) in [6, 6.07) is 18.3. The van der Waals surface area contributed by atoms with Crippen LogP contribution in [0.25, 0.3) is 0 Å². The van der Waals surface area contributed by atoms with Gasteiger partial charge in [-0.15, -0.1) is 0 Å². The highest BCUT2D eigenvalue weighted by atomic mass is 32.2. The minimum absolute atomic E-state index is 0.0189. The lowest BCUT2D eigenvalue weighted by molar-refractivity contribution is -0.120. The van der Waals surface area contributed by atoms with Gasteiger partial charge in [-0.3, -0.25) is 9.10 Å². The third-order valence-corrected chi connectivity index (χ3v) is 7.61. The molecule has 0 aliphatic carbocycles. The molecule has 192 valence electrons. The maximum absolute atomic E-state index is 13.7. The number of hydrogen-bond donors (Lipinski definition) is 1. The molecule has 3 aromatic rings. The molecule has 0 radical (unpaired) electrons. The first-order valence-corrected chi connectivity index (χ1v) is 12.9. The van der Waals surface area contributed by atoms with Crippen LogP contribution in [0.4, 0.5) is 5.69 Å². The smallest absolute Gasteiger partial charge is 0.264 e. The number of nitrogens with zero attached hydrogens (tertiary/aromatic N) is 1. The molecule has 0 bridgehead atoms. The maximum Gasteiger partial charge on any atom is 0.264 e. The Morgan fingerprint density at radius 1 is 0.889 bits per heavy atom. The van der Waals surface area contributed by atoms with Crippen LogP contribution < -0.4 is 23.8 Å². The molecule has 9 heteroatoms. The first-order valence-electron chi connectivity index (χ1n) is 11.5. The molecule has 0 aliphatic rings. The summed E-state index contributed by atoms with van der Waals surface area (Å²) >= 11 is 0. The topological polar surface area (TPSA) is 94.2 Å². The van der Waals surface area contributed by atoms with Gasteiger partial charge >= 0.3 is 0 Å². The van der Waals surface area contributed by atoms with Gasteiger partial charge in [-0.1, -0.05) is 37.3 Å². The van der Waals surface area contributed by atoms with Crippen LogP contribution in [-0.2, 0) is 14.8 Å². The van der Waals surface area contributed by atoms with Gasteiger partial charge in [-0.25, -0.2) is 8.42 Å². The largest absolute Gasteiger partial charge is 0.496 e. The number of para-hydroxylation sites is 1. The average Bonchev–Trinajstić information content (AvgIpc) is 2.90. The number of amides is 1. The summed E-state index contributed by atoms with van der Waals surface area (Å²) in [5.41, 5.74) is 2.23. The fourth-order valence-electron chi connectivity index (χ4n) is 3.92. The van der Waals surface area contributed by atoms with Crippen LogP contribution in [0.15, 0.2) is 71.6 Å². The Kier molecular flexibility index (Phi) is 8.82. The molecule has 1 amide bonds. The van der Waals surface area contributed by atoms with E-state index in [9.17, 15) is 13.2 Å². The Morgan fingerprint density at radius 3 is 2.11 bits per heavy atom. The van der Waals surface area contributed by atoms with Crippen LogP contribution in [0.3, 0.4) is 0 Å². The summed E-state index contributed by atoms with van der Waals surface area (Å²) in [5, 5.41) is 2.98. The monoisotopic (exact) mass is 512 g/mol. The number of aryl methyl sites for hydroxylation is 1. The van der Waals surface area contributed by atoms with Crippen molar-refractivity contribution in [1.29, 1.82) is 0 Å². The van der Waals surface area contributed by atoms with Crippen molar-refractivity contribution in [1.82, 2.24) is 5.32 Å². The van der Waals surface area contributed by atoms with Gasteiger partial charge in [0, 0.05) is 6.07 Å². The second-order valence-corrected chi connectivity index (χ2v) is 9.98. The minimum Gasteiger partial charge on any atom is -0.496 e. The number of anilines is 1. The van der Waals surface area contributed by atoms with Crippen LogP contribution in [0, 0.1) is 6.92 Å². The predicted octanol–water partition coefficient (Wildman–Crippen LogP) is 4.48. The quantitative estimate of drug-likeness (QED) is 0.407. The second kappa shape index (κ2) is 11.8. The van der Waals surface area contributed by atoms with E-state index in [1.165, 1.54) is 32.4 Å². The summed E-state index contributed by atoms with van der Waals surface area (Å²) in [5.74, 6) is 1.01. The Hall–Kier alpha value is -3.72. The van der Waals surface area contributed by atoms with Crippen LogP contribution in [0.1, 0.15) is 30.5 Å². The summed E-state index contributed by atoms with van der Waals surface area (Å²) in [6.45, 7) is 3.50. The zero-order chi connectivity index (χ0) is 26.3.